The maximum Gasteiger partial charge on any atom is 0.418 e. The molecule has 1 heterocycles. The standard InChI is InChI=1S/C13H13F3N4OS/c1-2-20-8-17-19-12(20)22-7-11(21)18-10-6-4-3-5-9(10)13(14,15)16/h3-6,8H,2,7H2,1H3,(H,18,21). The smallest absolute Gasteiger partial charge is 0.325 e. The number of alkyl halides is 3. The van der Waals surface area contributed by atoms with Crippen molar-refractivity contribution in [1.82, 2.24) is 14.8 Å². The zero-order valence-corrected chi connectivity index (χ0v) is 12.4. The highest BCUT2D eigenvalue weighted by Gasteiger charge is 2.33. The molecule has 2 aromatic rings. The molecule has 0 unspecified atom stereocenters. The van der Waals surface area contributed by atoms with E-state index in [0.29, 0.717) is 11.7 Å². The Balaban J connectivity index is 2.01. The van der Waals surface area contributed by atoms with Gasteiger partial charge in [-0.2, -0.15) is 13.2 Å². The largest absolute Gasteiger partial charge is 0.418 e. The summed E-state index contributed by atoms with van der Waals surface area (Å²) >= 11 is 1.12. The summed E-state index contributed by atoms with van der Waals surface area (Å²) in [5.41, 5.74) is -1.12. The molecule has 0 atom stereocenters. The molecular formula is C13H13F3N4OS. The highest BCUT2D eigenvalue weighted by Crippen LogP contribution is 2.34. The van der Waals surface area contributed by atoms with E-state index >= 15 is 0 Å². The number of halogens is 3. The second-order valence-electron chi connectivity index (χ2n) is 4.28. The first-order valence-corrected chi connectivity index (χ1v) is 7.37. The molecule has 118 valence electrons. The zero-order chi connectivity index (χ0) is 16.2. The molecule has 1 amide bonds. The fourth-order valence-corrected chi connectivity index (χ4v) is 2.51. The third kappa shape index (κ3) is 4.00. The van der Waals surface area contributed by atoms with Gasteiger partial charge in [0, 0.05) is 6.54 Å². The van der Waals surface area contributed by atoms with E-state index in [9.17, 15) is 18.0 Å². The van der Waals surface area contributed by atoms with Crippen molar-refractivity contribution < 1.29 is 18.0 Å². The second kappa shape index (κ2) is 6.82. The second-order valence-corrected chi connectivity index (χ2v) is 5.22. The topological polar surface area (TPSA) is 59.8 Å². The number of amides is 1. The zero-order valence-electron chi connectivity index (χ0n) is 11.6. The number of aryl methyl sites for hydroxylation is 1. The van der Waals surface area contributed by atoms with Crippen LogP contribution in [0.1, 0.15) is 12.5 Å². The molecule has 5 nitrogen and oxygen atoms in total. The van der Waals surface area contributed by atoms with Gasteiger partial charge in [0.15, 0.2) is 5.16 Å². The maximum absolute atomic E-state index is 12.8. The van der Waals surface area contributed by atoms with E-state index in [0.717, 1.165) is 17.8 Å². The van der Waals surface area contributed by atoms with E-state index < -0.39 is 17.6 Å². The normalized spacial score (nSPS) is 11.5. The highest BCUT2D eigenvalue weighted by molar-refractivity contribution is 7.99. The molecule has 2 rings (SSSR count). The molecule has 0 saturated heterocycles. The minimum atomic E-state index is -4.51. The van der Waals surface area contributed by atoms with Gasteiger partial charge in [-0.1, -0.05) is 23.9 Å². The lowest BCUT2D eigenvalue weighted by Crippen LogP contribution is -2.18. The predicted molar refractivity (Wildman–Crippen MR) is 76.5 cm³/mol. The van der Waals surface area contributed by atoms with E-state index in [4.69, 9.17) is 0 Å². The van der Waals surface area contributed by atoms with Crippen molar-refractivity contribution in [2.45, 2.75) is 24.8 Å². The van der Waals surface area contributed by atoms with Crippen LogP contribution in [0.3, 0.4) is 0 Å². The van der Waals surface area contributed by atoms with Crippen LogP contribution in [0.2, 0.25) is 0 Å². The number of para-hydroxylation sites is 1. The summed E-state index contributed by atoms with van der Waals surface area (Å²) in [5, 5.41) is 10.4. The molecule has 0 saturated carbocycles. The third-order valence-corrected chi connectivity index (χ3v) is 3.74. The molecule has 0 aliphatic carbocycles. The Morgan fingerprint density at radius 1 is 1.36 bits per heavy atom. The van der Waals surface area contributed by atoms with Gasteiger partial charge in [0.05, 0.1) is 17.0 Å². The van der Waals surface area contributed by atoms with Crippen LogP contribution in [-0.2, 0) is 17.5 Å². The summed E-state index contributed by atoms with van der Waals surface area (Å²) in [6.07, 6.45) is -2.99. The first-order chi connectivity index (χ1) is 10.4. The highest BCUT2D eigenvalue weighted by atomic mass is 32.2. The van der Waals surface area contributed by atoms with Crippen molar-refractivity contribution in [3.63, 3.8) is 0 Å². The van der Waals surface area contributed by atoms with Crippen molar-refractivity contribution in [3.8, 4) is 0 Å². The number of hydrogen-bond acceptors (Lipinski definition) is 4. The van der Waals surface area contributed by atoms with E-state index in [1.165, 1.54) is 24.5 Å². The average Bonchev–Trinajstić information content (AvgIpc) is 2.92. The number of nitrogens with zero attached hydrogens (tertiary/aromatic N) is 3. The number of thioether (sulfide) groups is 1. The number of carbonyl (C=O) groups excluding carboxylic acids is 1. The molecule has 0 aliphatic heterocycles. The van der Waals surface area contributed by atoms with Crippen molar-refractivity contribution in [2.75, 3.05) is 11.1 Å². The van der Waals surface area contributed by atoms with E-state index in [1.807, 2.05) is 6.92 Å². The molecule has 1 aromatic carbocycles. The van der Waals surface area contributed by atoms with Crippen LogP contribution in [-0.4, -0.2) is 26.4 Å². The van der Waals surface area contributed by atoms with Gasteiger partial charge in [-0.05, 0) is 19.1 Å². The Morgan fingerprint density at radius 3 is 2.77 bits per heavy atom. The molecule has 0 bridgehead atoms. The van der Waals surface area contributed by atoms with Gasteiger partial charge < -0.3 is 9.88 Å². The van der Waals surface area contributed by atoms with Gasteiger partial charge in [0.25, 0.3) is 0 Å². The summed E-state index contributed by atoms with van der Waals surface area (Å²) in [4.78, 5) is 11.8. The predicted octanol–water partition coefficient (Wildman–Crippen LogP) is 3.05. The first-order valence-electron chi connectivity index (χ1n) is 6.38. The molecule has 1 N–H and O–H groups in total. The number of benzene rings is 1. The maximum atomic E-state index is 12.8. The van der Waals surface area contributed by atoms with Gasteiger partial charge >= 0.3 is 6.18 Å². The SMILES string of the molecule is CCn1cnnc1SCC(=O)Nc1ccccc1C(F)(F)F. The van der Waals surface area contributed by atoms with Crippen LogP contribution in [0.4, 0.5) is 18.9 Å². The number of anilines is 1. The number of hydrogen-bond donors (Lipinski definition) is 1. The molecule has 9 heteroatoms. The van der Waals surface area contributed by atoms with Gasteiger partial charge in [-0.25, -0.2) is 0 Å². The molecular weight excluding hydrogens is 317 g/mol. The molecule has 0 aliphatic rings. The lowest BCUT2D eigenvalue weighted by Gasteiger charge is -2.13. The molecule has 0 spiro atoms. The van der Waals surface area contributed by atoms with Gasteiger partial charge in [-0.3, -0.25) is 4.79 Å². The van der Waals surface area contributed by atoms with Crippen LogP contribution in [0, 0.1) is 0 Å². The fourth-order valence-electron chi connectivity index (χ4n) is 1.73. The molecule has 0 fully saturated rings. The number of nitrogens with one attached hydrogen (secondary N) is 1. The molecule has 0 radical (unpaired) electrons. The monoisotopic (exact) mass is 330 g/mol. The van der Waals surface area contributed by atoms with Crippen LogP contribution >= 0.6 is 11.8 Å². The summed E-state index contributed by atoms with van der Waals surface area (Å²) < 4.78 is 40.2. The Morgan fingerprint density at radius 2 is 2.09 bits per heavy atom. The lowest BCUT2D eigenvalue weighted by molar-refractivity contribution is -0.137. The minimum absolute atomic E-state index is 0.0507. The average molecular weight is 330 g/mol. The van der Waals surface area contributed by atoms with Crippen LogP contribution in [0.15, 0.2) is 35.7 Å². The van der Waals surface area contributed by atoms with Crippen molar-refractivity contribution in [2.24, 2.45) is 0 Å². The Kier molecular flexibility index (Phi) is 5.07. The quantitative estimate of drug-likeness (QED) is 0.856. The number of carbonyl (C=O) groups is 1. The summed E-state index contributed by atoms with van der Waals surface area (Å²) in [6, 6.07) is 4.86. The Bertz CT molecular complexity index is 657. The third-order valence-electron chi connectivity index (χ3n) is 2.76. The minimum Gasteiger partial charge on any atom is -0.325 e. The fraction of sp³-hybridized carbons (Fsp3) is 0.308. The molecule has 22 heavy (non-hydrogen) atoms. The number of aromatic nitrogens is 3. The van der Waals surface area contributed by atoms with Crippen LogP contribution in [0.25, 0.3) is 0 Å². The summed E-state index contributed by atoms with van der Waals surface area (Å²) in [7, 11) is 0. The molecule has 1 aromatic heterocycles. The Hall–Kier alpha value is -2.03. The summed E-state index contributed by atoms with van der Waals surface area (Å²) in [5.74, 6) is -0.586. The van der Waals surface area contributed by atoms with Crippen LogP contribution in [0.5, 0.6) is 0 Å². The van der Waals surface area contributed by atoms with Gasteiger partial charge in [0.2, 0.25) is 5.91 Å². The Labute approximate surface area is 128 Å². The van der Waals surface area contributed by atoms with Gasteiger partial charge in [0.1, 0.15) is 6.33 Å². The summed E-state index contributed by atoms with van der Waals surface area (Å²) in [6.45, 7) is 2.54. The number of rotatable bonds is 5. The van der Waals surface area contributed by atoms with Crippen molar-refractivity contribution in [3.05, 3.63) is 36.2 Å². The van der Waals surface area contributed by atoms with Crippen LogP contribution < -0.4 is 5.32 Å². The first kappa shape index (κ1) is 16.3. The van der Waals surface area contributed by atoms with E-state index in [1.54, 1.807) is 4.57 Å². The lowest BCUT2D eigenvalue weighted by atomic mass is 10.1. The van der Waals surface area contributed by atoms with Crippen molar-refractivity contribution >= 4 is 23.4 Å². The van der Waals surface area contributed by atoms with E-state index in [2.05, 4.69) is 15.5 Å². The van der Waals surface area contributed by atoms with Crippen molar-refractivity contribution in [1.29, 1.82) is 0 Å². The van der Waals surface area contributed by atoms with E-state index in [-0.39, 0.29) is 11.4 Å². The van der Waals surface area contributed by atoms with Gasteiger partial charge in [-0.15, -0.1) is 10.2 Å².